The molecule has 1 heterocycles. The van der Waals surface area contributed by atoms with Gasteiger partial charge in [-0.2, -0.15) is 5.10 Å². The largest absolute Gasteiger partial charge is 0.316 e. The maximum Gasteiger partial charge on any atom is 0.183 e. The summed E-state index contributed by atoms with van der Waals surface area (Å²) in [6.07, 6.45) is 3.96. The molecule has 0 fully saturated rings. The van der Waals surface area contributed by atoms with Crippen LogP contribution in [0.1, 0.15) is 19.8 Å². The predicted molar refractivity (Wildman–Crippen MR) is 54.9 cm³/mol. The molecule has 1 rings (SSSR count). The Labute approximate surface area is 82.9 Å². The van der Waals surface area contributed by atoms with Gasteiger partial charge in [0.2, 0.25) is 0 Å². The normalized spacial score (nSPS) is 13.1. The Kier molecular flexibility index (Phi) is 4.85. The molecule has 0 amide bonds. The van der Waals surface area contributed by atoms with Gasteiger partial charge < -0.3 is 5.32 Å². The highest BCUT2D eigenvalue weighted by molar-refractivity contribution is 7.99. The van der Waals surface area contributed by atoms with E-state index in [0.29, 0.717) is 6.04 Å². The Morgan fingerprint density at radius 3 is 3.08 bits per heavy atom. The quantitative estimate of drug-likeness (QED) is 0.679. The van der Waals surface area contributed by atoms with Gasteiger partial charge in [-0.3, -0.25) is 5.10 Å². The first kappa shape index (κ1) is 10.5. The molecule has 1 aromatic heterocycles. The Morgan fingerprint density at radius 2 is 2.54 bits per heavy atom. The molecule has 5 heteroatoms. The van der Waals surface area contributed by atoms with Crippen LogP contribution in [0.25, 0.3) is 0 Å². The highest BCUT2D eigenvalue weighted by atomic mass is 32.2. The highest BCUT2D eigenvalue weighted by Gasteiger charge is 2.06. The van der Waals surface area contributed by atoms with Crippen LogP contribution in [0.3, 0.4) is 0 Å². The fourth-order valence-electron chi connectivity index (χ4n) is 1.10. The molecule has 0 saturated heterocycles. The third kappa shape index (κ3) is 3.78. The summed E-state index contributed by atoms with van der Waals surface area (Å²) in [5.74, 6) is 1.04. The Hall–Kier alpha value is -0.550. The summed E-state index contributed by atoms with van der Waals surface area (Å²) >= 11 is 1.71. The van der Waals surface area contributed by atoms with E-state index in [-0.39, 0.29) is 0 Å². The van der Waals surface area contributed by atoms with Crippen LogP contribution in [0.4, 0.5) is 0 Å². The standard InChI is InChI=1S/C8H16N4S/c1-3-4-7(9-2)5-13-8-10-6-11-12-8/h6-7,9H,3-5H2,1-2H3,(H,10,11,12). The Bertz CT molecular complexity index is 212. The van der Waals surface area contributed by atoms with Crippen molar-refractivity contribution in [3.05, 3.63) is 6.33 Å². The Morgan fingerprint density at radius 1 is 1.69 bits per heavy atom. The molecule has 0 radical (unpaired) electrons. The zero-order valence-corrected chi connectivity index (χ0v) is 8.90. The number of hydrogen-bond donors (Lipinski definition) is 2. The minimum Gasteiger partial charge on any atom is -0.316 e. The van der Waals surface area contributed by atoms with E-state index < -0.39 is 0 Å². The van der Waals surface area contributed by atoms with Crippen molar-refractivity contribution in [3.63, 3.8) is 0 Å². The van der Waals surface area contributed by atoms with Crippen molar-refractivity contribution in [1.82, 2.24) is 20.5 Å². The molecule has 0 aliphatic heterocycles. The molecular weight excluding hydrogens is 184 g/mol. The van der Waals surface area contributed by atoms with E-state index in [4.69, 9.17) is 0 Å². The molecule has 74 valence electrons. The molecule has 1 unspecified atom stereocenters. The van der Waals surface area contributed by atoms with Crippen molar-refractivity contribution in [2.24, 2.45) is 0 Å². The number of thioether (sulfide) groups is 1. The average Bonchev–Trinajstić information content (AvgIpc) is 2.64. The van der Waals surface area contributed by atoms with Gasteiger partial charge >= 0.3 is 0 Å². The summed E-state index contributed by atoms with van der Waals surface area (Å²) in [5.41, 5.74) is 0. The monoisotopic (exact) mass is 200 g/mol. The van der Waals surface area contributed by atoms with Gasteiger partial charge in [0.05, 0.1) is 0 Å². The maximum atomic E-state index is 4.05. The molecule has 13 heavy (non-hydrogen) atoms. The van der Waals surface area contributed by atoms with Crippen LogP contribution < -0.4 is 5.32 Å². The summed E-state index contributed by atoms with van der Waals surface area (Å²) in [6.45, 7) is 2.20. The van der Waals surface area contributed by atoms with Crippen LogP contribution in [0, 0.1) is 0 Å². The molecule has 0 aliphatic rings. The van der Waals surface area contributed by atoms with E-state index >= 15 is 0 Å². The third-order valence-corrected chi connectivity index (χ3v) is 2.90. The number of H-pyrrole nitrogens is 1. The molecule has 0 saturated carbocycles. The van der Waals surface area contributed by atoms with Crippen molar-refractivity contribution in [1.29, 1.82) is 0 Å². The first-order valence-corrected chi connectivity index (χ1v) is 5.50. The van der Waals surface area contributed by atoms with Gasteiger partial charge in [0.15, 0.2) is 5.16 Å². The second-order valence-corrected chi connectivity index (χ2v) is 3.88. The number of rotatable bonds is 6. The van der Waals surface area contributed by atoms with Gasteiger partial charge in [-0.25, -0.2) is 4.98 Å². The minimum absolute atomic E-state index is 0.570. The number of nitrogens with zero attached hydrogens (tertiary/aromatic N) is 2. The van der Waals surface area contributed by atoms with Crippen molar-refractivity contribution in [3.8, 4) is 0 Å². The molecule has 1 aromatic rings. The van der Waals surface area contributed by atoms with Crippen molar-refractivity contribution in [2.75, 3.05) is 12.8 Å². The second kappa shape index (κ2) is 5.99. The van der Waals surface area contributed by atoms with Gasteiger partial charge in [0, 0.05) is 11.8 Å². The fourth-order valence-corrected chi connectivity index (χ4v) is 2.03. The third-order valence-electron chi connectivity index (χ3n) is 1.86. The number of hydrogen-bond acceptors (Lipinski definition) is 4. The molecule has 2 N–H and O–H groups in total. The first-order chi connectivity index (χ1) is 6.36. The Balaban J connectivity index is 2.23. The summed E-state index contributed by atoms with van der Waals surface area (Å²) < 4.78 is 0. The summed E-state index contributed by atoms with van der Waals surface area (Å²) in [7, 11) is 2.00. The SMILES string of the molecule is CCCC(CSc1ncn[nH]1)NC. The van der Waals surface area contributed by atoms with Crippen LogP contribution in [0.5, 0.6) is 0 Å². The van der Waals surface area contributed by atoms with E-state index in [1.165, 1.54) is 19.2 Å². The smallest absolute Gasteiger partial charge is 0.183 e. The highest BCUT2D eigenvalue weighted by Crippen LogP contribution is 2.13. The van der Waals surface area contributed by atoms with Crippen molar-refractivity contribution >= 4 is 11.8 Å². The van der Waals surface area contributed by atoms with Crippen LogP contribution in [0.2, 0.25) is 0 Å². The molecule has 0 spiro atoms. The van der Waals surface area contributed by atoms with E-state index in [2.05, 4.69) is 27.4 Å². The van der Waals surface area contributed by atoms with E-state index in [9.17, 15) is 0 Å². The fraction of sp³-hybridized carbons (Fsp3) is 0.750. The van der Waals surface area contributed by atoms with Crippen LogP contribution in [-0.4, -0.2) is 34.0 Å². The first-order valence-electron chi connectivity index (χ1n) is 4.52. The summed E-state index contributed by atoms with van der Waals surface area (Å²) in [6, 6.07) is 0.570. The van der Waals surface area contributed by atoms with E-state index in [1.54, 1.807) is 11.8 Å². The van der Waals surface area contributed by atoms with Gasteiger partial charge in [0.1, 0.15) is 6.33 Å². The van der Waals surface area contributed by atoms with Crippen LogP contribution in [-0.2, 0) is 0 Å². The van der Waals surface area contributed by atoms with E-state index in [0.717, 1.165) is 10.9 Å². The number of nitrogens with one attached hydrogen (secondary N) is 2. The second-order valence-electron chi connectivity index (χ2n) is 2.88. The lowest BCUT2D eigenvalue weighted by Gasteiger charge is -2.12. The lowest BCUT2D eigenvalue weighted by Crippen LogP contribution is -2.27. The van der Waals surface area contributed by atoms with Gasteiger partial charge in [0.25, 0.3) is 0 Å². The van der Waals surface area contributed by atoms with Gasteiger partial charge in [-0.05, 0) is 13.5 Å². The molecule has 1 atom stereocenters. The lowest BCUT2D eigenvalue weighted by atomic mass is 10.2. The maximum absolute atomic E-state index is 4.05. The zero-order valence-electron chi connectivity index (χ0n) is 8.08. The van der Waals surface area contributed by atoms with Crippen molar-refractivity contribution < 1.29 is 0 Å². The molecule has 0 aliphatic carbocycles. The van der Waals surface area contributed by atoms with Gasteiger partial charge in [-0.15, -0.1) is 0 Å². The number of aromatic nitrogens is 3. The average molecular weight is 200 g/mol. The molecular formula is C8H16N4S. The van der Waals surface area contributed by atoms with E-state index in [1.807, 2.05) is 7.05 Å². The zero-order chi connectivity index (χ0) is 9.52. The summed E-state index contributed by atoms with van der Waals surface area (Å²) in [5, 5.41) is 10.8. The molecule has 4 nitrogen and oxygen atoms in total. The van der Waals surface area contributed by atoms with Crippen LogP contribution in [0.15, 0.2) is 11.5 Å². The summed E-state index contributed by atoms with van der Waals surface area (Å²) in [4.78, 5) is 4.05. The lowest BCUT2D eigenvalue weighted by molar-refractivity contribution is 0.564. The van der Waals surface area contributed by atoms with Gasteiger partial charge in [-0.1, -0.05) is 25.1 Å². The topological polar surface area (TPSA) is 53.6 Å². The minimum atomic E-state index is 0.570. The van der Waals surface area contributed by atoms with Crippen molar-refractivity contribution in [2.45, 2.75) is 31.0 Å². The number of aromatic amines is 1. The predicted octanol–water partition coefficient (Wildman–Crippen LogP) is 1.28. The molecule has 0 aromatic carbocycles. The molecule has 0 bridgehead atoms. The van der Waals surface area contributed by atoms with Crippen LogP contribution >= 0.6 is 11.8 Å².